The van der Waals surface area contributed by atoms with Crippen molar-refractivity contribution in [2.24, 2.45) is 4.99 Å². The molecule has 0 radical (unpaired) electrons. The van der Waals surface area contributed by atoms with E-state index in [1.54, 1.807) is 0 Å². The zero-order valence-electron chi connectivity index (χ0n) is 19.1. The molecule has 6 nitrogen and oxygen atoms in total. The number of likely N-dealkylation sites (tertiary alicyclic amines) is 1. The molecule has 30 heavy (non-hydrogen) atoms. The topological polar surface area (TPSA) is 49.3 Å². The summed E-state index contributed by atoms with van der Waals surface area (Å²) in [5.74, 6) is 1.87. The maximum absolute atomic E-state index is 5.98. The van der Waals surface area contributed by atoms with Gasteiger partial charge in [0.1, 0.15) is 12.4 Å². The molecule has 0 saturated carbocycles. The van der Waals surface area contributed by atoms with Crippen LogP contribution in [0.2, 0.25) is 0 Å². The van der Waals surface area contributed by atoms with Crippen LogP contribution < -0.4 is 10.1 Å². The molecular formula is C23H39IN4O2. The monoisotopic (exact) mass is 530 g/mol. The van der Waals surface area contributed by atoms with Crippen LogP contribution in [0.15, 0.2) is 23.2 Å². The Labute approximate surface area is 199 Å². The number of nitrogens with zero attached hydrogens (tertiary/aromatic N) is 3. The van der Waals surface area contributed by atoms with Gasteiger partial charge in [0.05, 0.1) is 6.54 Å². The zero-order valence-corrected chi connectivity index (χ0v) is 21.4. The van der Waals surface area contributed by atoms with E-state index in [1.807, 2.05) is 7.05 Å². The van der Waals surface area contributed by atoms with Gasteiger partial charge in [-0.3, -0.25) is 9.89 Å². The Morgan fingerprint density at radius 2 is 1.80 bits per heavy atom. The Bertz CT molecular complexity index is 666. The smallest absolute Gasteiger partial charge is 0.193 e. The summed E-state index contributed by atoms with van der Waals surface area (Å²) in [4.78, 5) is 9.34. The van der Waals surface area contributed by atoms with E-state index in [9.17, 15) is 0 Å². The second-order valence-electron chi connectivity index (χ2n) is 8.53. The minimum absolute atomic E-state index is 0. The van der Waals surface area contributed by atoms with Gasteiger partial charge in [0.25, 0.3) is 0 Å². The highest BCUT2D eigenvalue weighted by atomic mass is 127. The van der Waals surface area contributed by atoms with Crippen LogP contribution in [0.4, 0.5) is 0 Å². The van der Waals surface area contributed by atoms with E-state index in [1.165, 1.54) is 37.1 Å². The zero-order chi connectivity index (χ0) is 20.7. The number of aryl methyl sites for hydroxylation is 2. The second kappa shape index (κ2) is 12.1. The van der Waals surface area contributed by atoms with Gasteiger partial charge in [-0.2, -0.15) is 0 Å². The van der Waals surface area contributed by atoms with Gasteiger partial charge < -0.3 is 19.7 Å². The average molecular weight is 530 g/mol. The lowest BCUT2D eigenvalue weighted by Crippen LogP contribution is -2.58. The highest BCUT2D eigenvalue weighted by Gasteiger charge is 2.39. The quantitative estimate of drug-likeness (QED) is 0.333. The minimum atomic E-state index is 0. The lowest BCUT2D eigenvalue weighted by molar-refractivity contribution is -0.0166. The van der Waals surface area contributed by atoms with E-state index in [4.69, 9.17) is 9.47 Å². The Morgan fingerprint density at radius 1 is 1.17 bits per heavy atom. The third-order valence-corrected chi connectivity index (χ3v) is 6.24. The van der Waals surface area contributed by atoms with Gasteiger partial charge in [0.15, 0.2) is 5.96 Å². The third kappa shape index (κ3) is 6.72. The van der Waals surface area contributed by atoms with E-state index in [0.29, 0.717) is 6.61 Å². The Morgan fingerprint density at radius 3 is 2.40 bits per heavy atom. The standard InChI is InChI=1S/C23H38N4O2.HI/c1-19-15-20(2)17-21(16-19)29-14-11-26(4)22(24-3)25-18-23(7-12-28-13-8-23)27-9-5-6-10-27;/h15-17H,5-14,18H2,1-4H3,(H,24,25);1H. The van der Waals surface area contributed by atoms with E-state index in [-0.39, 0.29) is 29.5 Å². The molecule has 0 amide bonds. The number of halogens is 1. The summed E-state index contributed by atoms with van der Waals surface area (Å²) < 4.78 is 11.6. The summed E-state index contributed by atoms with van der Waals surface area (Å²) in [5.41, 5.74) is 2.66. The predicted octanol–water partition coefficient (Wildman–Crippen LogP) is 3.45. The van der Waals surface area contributed by atoms with Crippen molar-refractivity contribution < 1.29 is 9.47 Å². The van der Waals surface area contributed by atoms with Crippen LogP contribution >= 0.6 is 24.0 Å². The fraction of sp³-hybridized carbons (Fsp3) is 0.696. The molecule has 0 aromatic heterocycles. The van der Waals surface area contributed by atoms with E-state index >= 15 is 0 Å². The molecule has 1 N–H and O–H groups in total. The summed E-state index contributed by atoms with van der Waals surface area (Å²) in [7, 11) is 3.93. The molecule has 7 heteroatoms. The van der Waals surface area contributed by atoms with Crippen molar-refractivity contribution in [3.8, 4) is 5.75 Å². The molecule has 2 fully saturated rings. The van der Waals surface area contributed by atoms with Crippen molar-refractivity contribution in [1.82, 2.24) is 15.1 Å². The first-order valence-electron chi connectivity index (χ1n) is 11.0. The largest absolute Gasteiger partial charge is 0.492 e. The number of hydrogen-bond acceptors (Lipinski definition) is 4. The summed E-state index contributed by atoms with van der Waals surface area (Å²) in [6.45, 7) is 10.7. The molecule has 2 aliphatic rings. The molecule has 1 aromatic carbocycles. The molecule has 2 aliphatic heterocycles. The molecule has 2 heterocycles. The van der Waals surface area contributed by atoms with Crippen LogP contribution in [-0.4, -0.2) is 81.4 Å². The molecule has 0 atom stereocenters. The lowest BCUT2D eigenvalue weighted by atomic mass is 9.88. The van der Waals surface area contributed by atoms with Crippen LogP contribution in [0.3, 0.4) is 0 Å². The van der Waals surface area contributed by atoms with Gasteiger partial charge in [0.2, 0.25) is 0 Å². The molecule has 0 bridgehead atoms. The second-order valence-corrected chi connectivity index (χ2v) is 8.53. The van der Waals surface area contributed by atoms with Gasteiger partial charge in [-0.15, -0.1) is 24.0 Å². The van der Waals surface area contributed by atoms with Crippen LogP contribution in [-0.2, 0) is 4.74 Å². The normalized spacial score (nSPS) is 19.3. The fourth-order valence-electron chi connectivity index (χ4n) is 4.60. The first-order chi connectivity index (χ1) is 14.0. The number of ether oxygens (including phenoxy) is 2. The van der Waals surface area contributed by atoms with Crippen LogP contribution in [0.5, 0.6) is 5.75 Å². The number of aliphatic imine (C=N–C) groups is 1. The van der Waals surface area contributed by atoms with Gasteiger partial charge >= 0.3 is 0 Å². The van der Waals surface area contributed by atoms with E-state index < -0.39 is 0 Å². The molecule has 170 valence electrons. The molecule has 0 unspecified atom stereocenters. The highest BCUT2D eigenvalue weighted by Crippen LogP contribution is 2.30. The van der Waals surface area contributed by atoms with Gasteiger partial charge in [-0.1, -0.05) is 6.07 Å². The Hall–Kier alpha value is -1.06. The van der Waals surface area contributed by atoms with Crippen molar-refractivity contribution in [2.75, 3.05) is 60.1 Å². The minimum Gasteiger partial charge on any atom is -0.492 e. The van der Waals surface area contributed by atoms with Crippen molar-refractivity contribution in [3.05, 3.63) is 29.3 Å². The van der Waals surface area contributed by atoms with E-state index in [0.717, 1.165) is 50.9 Å². The Balaban J connectivity index is 0.00000320. The van der Waals surface area contributed by atoms with Crippen molar-refractivity contribution >= 4 is 29.9 Å². The fourth-order valence-corrected chi connectivity index (χ4v) is 4.60. The summed E-state index contributed by atoms with van der Waals surface area (Å²) in [6.07, 6.45) is 4.81. The first-order valence-corrected chi connectivity index (χ1v) is 11.0. The molecule has 0 spiro atoms. The number of rotatable bonds is 7. The van der Waals surface area contributed by atoms with Gasteiger partial charge in [-0.05, 0) is 75.9 Å². The third-order valence-electron chi connectivity index (χ3n) is 6.24. The van der Waals surface area contributed by atoms with Crippen molar-refractivity contribution in [3.63, 3.8) is 0 Å². The summed E-state index contributed by atoms with van der Waals surface area (Å²) >= 11 is 0. The molecule has 1 aromatic rings. The van der Waals surface area contributed by atoms with Gasteiger partial charge in [0, 0.05) is 39.4 Å². The average Bonchev–Trinajstić information content (AvgIpc) is 3.24. The SMILES string of the molecule is CN=C(NCC1(N2CCCC2)CCOCC1)N(C)CCOc1cc(C)cc(C)c1.I. The summed E-state index contributed by atoms with van der Waals surface area (Å²) in [6, 6.07) is 6.34. The first kappa shape index (κ1) is 25.2. The lowest BCUT2D eigenvalue weighted by Gasteiger charge is -2.45. The molecular weight excluding hydrogens is 491 g/mol. The summed E-state index contributed by atoms with van der Waals surface area (Å²) in [5, 5.41) is 3.65. The van der Waals surface area contributed by atoms with Crippen LogP contribution in [0.1, 0.15) is 36.8 Å². The van der Waals surface area contributed by atoms with Crippen molar-refractivity contribution in [1.29, 1.82) is 0 Å². The number of guanidine groups is 1. The number of hydrogen-bond donors (Lipinski definition) is 1. The predicted molar refractivity (Wildman–Crippen MR) is 134 cm³/mol. The van der Waals surface area contributed by atoms with Crippen LogP contribution in [0.25, 0.3) is 0 Å². The maximum atomic E-state index is 5.98. The van der Waals surface area contributed by atoms with Crippen LogP contribution in [0, 0.1) is 13.8 Å². The van der Waals surface area contributed by atoms with E-state index in [2.05, 4.69) is 59.2 Å². The molecule has 2 saturated heterocycles. The molecule has 0 aliphatic carbocycles. The Kier molecular flexibility index (Phi) is 10.2. The number of benzene rings is 1. The number of likely N-dealkylation sites (N-methyl/N-ethyl adjacent to an activating group) is 1. The number of nitrogens with one attached hydrogen (secondary N) is 1. The highest BCUT2D eigenvalue weighted by molar-refractivity contribution is 14.0. The maximum Gasteiger partial charge on any atom is 0.193 e. The molecule has 3 rings (SSSR count). The van der Waals surface area contributed by atoms with Crippen molar-refractivity contribution in [2.45, 2.75) is 45.1 Å². The van der Waals surface area contributed by atoms with Gasteiger partial charge in [-0.25, -0.2) is 0 Å².